The predicted molar refractivity (Wildman–Crippen MR) is 78.9 cm³/mol. The summed E-state index contributed by atoms with van der Waals surface area (Å²) in [6.07, 6.45) is 1.79. The van der Waals surface area contributed by atoms with Crippen molar-refractivity contribution in [3.63, 3.8) is 0 Å². The molecule has 1 amide bonds. The molecule has 2 fully saturated rings. The van der Waals surface area contributed by atoms with E-state index in [0.29, 0.717) is 24.3 Å². The molecule has 0 aromatic carbocycles. The molecule has 0 aliphatic carbocycles. The lowest BCUT2D eigenvalue weighted by atomic mass is 10.1. The summed E-state index contributed by atoms with van der Waals surface area (Å²) >= 11 is 0. The van der Waals surface area contributed by atoms with Crippen molar-refractivity contribution < 1.29 is 13.6 Å². The summed E-state index contributed by atoms with van der Waals surface area (Å²) in [5.74, 6) is -2.59. The van der Waals surface area contributed by atoms with Crippen LogP contribution in [0.15, 0.2) is 18.3 Å². The molecule has 23 heavy (non-hydrogen) atoms. The summed E-state index contributed by atoms with van der Waals surface area (Å²) in [7, 11) is 0. The quantitative estimate of drug-likeness (QED) is 0.867. The molecule has 0 saturated carbocycles. The van der Waals surface area contributed by atoms with Crippen LogP contribution in [0.5, 0.6) is 0 Å². The lowest BCUT2D eigenvalue weighted by Gasteiger charge is -2.20. The number of anilines is 1. The number of carbonyl (C=O) groups is 1. The highest BCUT2D eigenvalue weighted by atomic mass is 19.3. The molecule has 0 bridgehead atoms. The Hall–Kier alpha value is -2.27. The number of rotatable bonds is 3. The fourth-order valence-electron chi connectivity index (χ4n) is 2.98. The molecule has 0 radical (unpaired) electrons. The molecule has 2 atom stereocenters. The summed E-state index contributed by atoms with van der Waals surface area (Å²) in [6.45, 7) is 0.115. The number of halogens is 2. The van der Waals surface area contributed by atoms with Gasteiger partial charge in [0.2, 0.25) is 5.91 Å². The smallest absolute Gasteiger partial charge is 0.267 e. The third-order valence-corrected chi connectivity index (χ3v) is 4.18. The van der Waals surface area contributed by atoms with Gasteiger partial charge in [0, 0.05) is 31.7 Å². The second-order valence-electron chi connectivity index (χ2n) is 5.91. The van der Waals surface area contributed by atoms with Crippen molar-refractivity contribution in [3.8, 4) is 6.07 Å². The zero-order valence-electron chi connectivity index (χ0n) is 12.4. The Balaban J connectivity index is 1.59. The Morgan fingerprint density at radius 1 is 1.57 bits per heavy atom. The standard InChI is InChI=1S/C15H17F2N5O/c16-15(17)3-5-22(9-15)14(23)12-6-11(8-20-12)21-13-10(7-18)2-1-4-19-13/h1-2,4,11-12,20H,3,5-6,8-9H2,(H,19,21)/t11-,12-/m0/s1. The Morgan fingerprint density at radius 2 is 2.39 bits per heavy atom. The first-order chi connectivity index (χ1) is 11.0. The average Bonchev–Trinajstić information content (AvgIpc) is 3.13. The lowest BCUT2D eigenvalue weighted by Crippen LogP contribution is -2.43. The van der Waals surface area contributed by atoms with Crippen molar-refractivity contribution in [2.75, 3.05) is 25.0 Å². The highest BCUT2D eigenvalue weighted by Crippen LogP contribution is 2.28. The Kier molecular flexibility index (Phi) is 4.13. The van der Waals surface area contributed by atoms with Crippen LogP contribution >= 0.6 is 0 Å². The number of pyridine rings is 1. The fourth-order valence-corrected chi connectivity index (χ4v) is 2.98. The molecule has 2 aliphatic heterocycles. The number of amides is 1. The zero-order chi connectivity index (χ0) is 16.4. The highest BCUT2D eigenvalue weighted by Gasteiger charge is 2.43. The summed E-state index contributed by atoms with van der Waals surface area (Å²) in [5.41, 5.74) is 0.432. The van der Waals surface area contributed by atoms with E-state index in [1.54, 1.807) is 18.3 Å². The highest BCUT2D eigenvalue weighted by molar-refractivity contribution is 5.82. The summed E-state index contributed by atoms with van der Waals surface area (Å²) < 4.78 is 26.4. The number of nitrogens with zero attached hydrogens (tertiary/aromatic N) is 3. The van der Waals surface area contributed by atoms with Gasteiger partial charge in [-0.15, -0.1) is 0 Å². The molecule has 0 spiro atoms. The van der Waals surface area contributed by atoms with Crippen LogP contribution in [0.4, 0.5) is 14.6 Å². The Labute approximate surface area is 132 Å². The van der Waals surface area contributed by atoms with Gasteiger partial charge in [0.05, 0.1) is 18.2 Å². The third kappa shape index (κ3) is 3.40. The lowest BCUT2D eigenvalue weighted by molar-refractivity contribution is -0.133. The van der Waals surface area contributed by atoms with Gasteiger partial charge in [-0.1, -0.05) is 0 Å². The number of hydrogen-bond acceptors (Lipinski definition) is 5. The minimum Gasteiger partial charge on any atom is -0.365 e. The number of likely N-dealkylation sites (tertiary alicyclic amines) is 1. The molecule has 2 N–H and O–H groups in total. The van der Waals surface area contributed by atoms with Crippen molar-refractivity contribution in [3.05, 3.63) is 23.9 Å². The van der Waals surface area contributed by atoms with E-state index in [-0.39, 0.29) is 24.9 Å². The van der Waals surface area contributed by atoms with E-state index in [1.165, 1.54) is 4.90 Å². The number of carbonyl (C=O) groups excluding carboxylic acids is 1. The van der Waals surface area contributed by atoms with Crippen molar-refractivity contribution in [2.45, 2.75) is 30.8 Å². The largest absolute Gasteiger partial charge is 0.365 e. The van der Waals surface area contributed by atoms with Gasteiger partial charge in [-0.05, 0) is 18.6 Å². The van der Waals surface area contributed by atoms with Gasteiger partial charge in [0.15, 0.2) is 0 Å². The third-order valence-electron chi connectivity index (χ3n) is 4.18. The van der Waals surface area contributed by atoms with Crippen molar-refractivity contribution in [1.29, 1.82) is 5.26 Å². The maximum atomic E-state index is 13.2. The van der Waals surface area contributed by atoms with Crippen LogP contribution in [0.2, 0.25) is 0 Å². The van der Waals surface area contributed by atoms with Crippen LogP contribution < -0.4 is 10.6 Å². The first kappa shape index (κ1) is 15.6. The van der Waals surface area contributed by atoms with Gasteiger partial charge in [0.25, 0.3) is 5.92 Å². The fraction of sp³-hybridized carbons (Fsp3) is 0.533. The average molecular weight is 321 g/mol. The SMILES string of the molecule is N#Cc1cccnc1N[C@@H]1CN[C@H](C(=O)N2CCC(F)(F)C2)C1. The van der Waals surface area contributed by atoms with Gasteiger partial charge in [-0.25, -0.2) is 13.8 Å². The van der Waals surface area contributed by atoms with E-state index in [2.05, 4.69) is 21.7 Å². The Bertz CT molecular complexity index is 645. The normalized spacial score (nSPS) is 26.0. The molecule has 2 aliphatic rings. The molecule has 3 rings (SSSR count). The molecule has 2 saturated heterocycles. The van der Waals surface area contributed by atoms with Crippen LogP contribution in [0.25, 0.3) is 0 Å². The van der Waals surface area contributed by atoms with Crippen molar-refractivity contribution in [2.24, 2.45) is 0 Å². The molecule has 8 heteroatoms. The van der Waals surface area contributed by atoms with E-state index in [4.69, 9.17) is 5.26 Å². The van der Waals surface area contributed by atoms with Gasteiger partial charge in [-0.2, -0.15) is 5.26 Å². The number of nitrogens with one attached hydrogen (secondary N) is 2. The molecule has 1 aromatic heterocycles. The molecule has 3 heterocycles. The monoisotopic (exact) mass is 321 g/mol. The van der Waals surface area contributed by atoms with Gasteiger partial charge in [0.1, 0.15) is 11.9 Å². The van der Waals surface area contributed by atoms with E-state index < -0.39 is 18.5 Å². The van der Waals surface area contributed by atoms with E-state index >= 15 is 0 Å². The van der Waals surface area contributed by atoms with E-state index in [1.807, 2.05) is 0 Å². The number of hydrogen-bond donors (Lipinski definition) is 2. The van der Waals surface area contributed by atoms with Crippen molar-refractivity contribution in [1.82, 2.24) is 15.2 Å². The van der Waals surface area contributed by atoms with Crippen LogP contribution in [0.1, 0.15) is 18.4 Å². The first-order valence-electron chi connectivity index (χ1n) is 7.50. The molecule has 122 valence electrons. The molecular formula is C15H17F2N5O. The topological polar surface area (TPSA) is 81.0 Å². The minimum atomic E-state index is -2.78. The van der Waals surface area contributed by atoms with E-state index in [0.717, 1.165) is 0 Å². The molecular weight excluding hydrogens is 304 g/mol. The Morgan fingerprint density at radius 3 is 3.09 bits per heavy atom. The van der Waals surface area contributed by atoms with Crippen LogP contribution in [-0.2, 0) is 4.79 Å². The minimum absolute atomic E-state index is 0.0749. The van der Waals surface area contributed by atoms with Gasteiger partial charge >= 0.3 is 0 Å². The second kappa shape index (κ2) is 6.08. The van der Waals surface area contributed by atoms with Gasteiger partial charge < -0.3 is 15.5 Å². The summed E-state index contributed by atoms with van der Waals surface area (Å²) in [6, 6.07) is 4.84. The van der Waals surface area contributed by atoms with Crippen LogP contribution in [-0.4, -0.2) is 53.4 Å². The summed E-state index contributed by atoms with van der Waals surface area (Å²) in [4.78, 5) is 17.6. The number of aromatic nitrogens is 1. The second-order valence-corrected chi connectivity index (χ2v) is 5.91. The van der Waals surface area contributed by atoms with E-state index in [9.17, 15) is 13.6 Å². The molecule has 0 unspecified atom stereocenters. The number of alkyl halides is 2. The maximum absolute atomic E-state index is 13.2. The predicted octanol–water partition coefficient (Wildman–Crippen LogP) is 0.963. The van der Waals surface area contributed by atoms with Crippen molar-refractivity contribution >= 4 is 11.7 Å². The van der Waals surface area contributed by atoms with Gasteiger partial charge in [-0.3, -0.25) is 4.79 Å². The molecule has 6 nitrogen and oxygen atoms in total. The zero-order valence-corrected chi connectivity index (χ0v) is 12.4. The number of nitriles is 1. The maximum Gasteiger partial charge on any atom is 0.267 e. The van der Waals surface area contributed by atoms with Crippen LogP contribution in [0, 0.1) is 11.3 Å². The van der Waals surface area contributed by atoms with Crippen LogP contribution in [0.3, 0.4) is 0 Å². The first-order valence-corrected chi connectivity index (χ1v) is 7.50. The molecule has 1 aromatic rings. The summed E-state index contributed by atoms with van der Waals surface area (Å²) in [5, 5.41) is 15.2.